The molecule has 1 aliphatic heterocycles. The van der Waals surface area contributed by atoms with Crippen LogP contribution in [-0.2, 0) is 0 Å². The summed E-state index contributed by atoms with van der Waals surface area (Å²) in [5.74, 6) is 3.39. The number of benzene rings is 1. The average Bonchev–Trinajstić information content (AvgIpc) is 2.40. The Labute approximate surface area is 122 Å². The van der Waals surface area contributed by atoms with Crippen LogP contribution in [0.2, 0.25) is 0 Å². The Morgan fingerprint density at radius 3 is 2.25 bits per heavy atom. The Kier molecular flexibility index (Phi) is 5.72. The summed E-state index contributed by atoms with van der Waals surface area (Å²) in [4.78, 5) is 1.67. The van der Waals surface area contributed by atoms with Gasteiger partial charge in [-0.3, -0.25) is 0 Å². The zero-order valence-electron chi connectivity index (χ0n) is 13.0. The summed E-state index contributed by atoms with van der Waals surface area (Å²) in [5.41, 5.74) is 0. The van der Waals surface area contributed by atoms with Gasteiger partial charge >= 0.3 is 0 Å². The van der Waals surface area contributed by atoms with Gasteiger partial charge in [-0.15, -0.1) is 0 Å². The van der Waals surface area contributed by atoms with Crippen LogP contribution in [0, 0.1) is 11.8 Å². The second kappa shape index (κ2) is 7.53. The van der Waals surface area contributed by atoms with E-state index in [0.29, 0.717) is 6.61 Å². The van der Waals surface area contributed by atoms with Gasteiger partial charge in [0.25, 0.3) is 0 Å². The second-order valence-corrected chi connectivity index (χ2v) is 6.08. The van der Waals surface area contributed by atoms with Crippen molar-refractivity contribution in [2.45, 2.75) is 27.2 Å². The summed E-state index contributed by atoms with van der Waals surface area (Å²) in [7, 11) is 0. The Morgan fingerprint density at radius 2 is 1.65 bits per heavy atom. The maximum atomic E-state index is 5.92. The summed E-state index contributed by atoms with van der Waals surface area (Å²) >= 11 is 0. The molecular formula is C17H28NO2+. The predicted octanol–water partition coefficient (Wildman–Crippen LogP) is 2.02. The van der Waals surface area contributed by atoms with Crippen LogP contribution >= 0.6 is 0 Å². The van der Waals surface area contributed by atoms with Crippen LogP contribution in [0.25, 0.3) is 0 Å². The molecule has 3 atom stereocenters. The lowest BCUT2D eigenvalue weighted by Gasteiger charge is -2.31. The van der Waals surface area contributed by atoms with E-state index in [0.717, 1.165) is 36.5 Å². The van der Waals surface area contributed by atoms with Crippen LogP contribution in [0.3, 0.4) is 0 Å². The summed E-state index contributed by atoms with van der Waals surface area (Å²) in [6, 6.07) is 7.94. The predicted molar refractivity (Wildman–Crippen MR) is 81.6 cm³/mol. The largest absolute Gasteiger partial charge is 0.490 e. The molecule has 0 spiro atoms. The number of piperidine rings is 1. The van der Waals surface area contributed by atoms with E-state index in [1.807, 2.05) is 31.2 Å². The lowest BCUT2D eigenvalue weighted by Crippen LogP contribution is -3.14. The maximum absolute atomic E-state index is 5.92. The highest BCUT2D eigenvalue weighted by Crippen LogP contribution is 2.26. The molecule has 1 aromatic carbocycles. The molecule has 0 radical (unpaired) electrons. The van der Waals surface area contributed by atoms with E-state index in [2.05, 4.69) is 13.8 Å². The Balaban J connectivity index is 1.81. The van der Waals surface area contributed by atoms with Gasteiger partial charge in [-0.05, 0) is 25.5 Å². The highest BCUT2D eigenvalue weighted by Gasteiger charge is 2.24. The van der Waals surface area contributed by atoms with Crippen molar-refractivity contribution in [3.05, 3.63) is 24.3 Å². The van der Waals surface area contributed by atoms with E-state index in [1.165, 1.54) is 19.5 Å². The summed E-state index contributed by atoms with van der Waals surface area (Å²) in [5, 5.41) is 0. The van der Waals surface area contributed by atoms with Crippen LogP contribution < -0.4 is 14.4 Å². The summed E-state index contributed by atoms with van der Waals surface area (Å²) in [6.45, 7) is 11.8. The van der Waals surface area contributed by atoms with Gasteiger partial charge in [-0.1, -0.05) is 26.0 Å². The van der Waals surface area contributed by atoms with Gasteiger partial charge in [-0.2, -0.15) is 0 Å². The number of nitrogens with one attached hydrogen (secondary N) is 1. The topological polar surface area (TPSA) is 22.9 Å². The van der Waals surface area contributed by atoms with Crippen LogP contribution in [-0.4, -0.2) is 32.8 Å². The van der Waals surface area contributed by atoms with Crippen molar-refractivity contribution in [2.24, 2.45) is 11.8 Å². The minimum Gasteiger partial charge on any atom is -0.490 e. The van der Waals surface area contributed by atoms with E-state index in [1.54, 1.807) is 4.90 Å². The van der Waals surface area contributed by atoms with Gasteiger partial charge in [0, 0.05) is 11.8 Å². The zero-order chi connectivity index (χ0) is 14.4. The molecule has 3 heteroatoms. The average molecular weight is 278 g/mol. The van der Waals surface area contributed by atoms with E-state index in [4.69, 9.17) is 9.47 Å². The van der Waals surface area contributed by atoms with Gasteiger partial charge in [0.1, 0.15) is 13.2 Å². The first-order valence-electron chi connectivity index (χ1n) is 7.87. The number of quaternary nitrogens is 1. The van der Waals surface area contributed by atoms with Crippen LogP contribution in [0.5, 0.6) is 11.5 Å². The third-order valence-electron chi connectivity index (χ3n) is 3.94. The van der Waals surface area contributed by atoms with E-state index in [-0.39, 0.29) is 0 Å². The molecule has 2 rings (SSSR count). The number of likely N-dealkylation sites (tertiary alicyclic amines) is 1. The number of para-hydroxylation sites is 2. The first-order chi connectivity index (χ1) is 9.69. The van der Waals surface area contributed by atoms with Crippen molar-refractivity contribution in [1.29, 1.82) is 0 Å². The van der Waals surface area contributed by atoms with Crippen LogP contribution in [0.4, 0.5) is 0 Å². The molecule has 1 unspecified atom stereocenters. The fraction of sp³-hybridized carbons (Fsp3) is 0.647. The Bertz CT molecular complexity index is 398. The maximum Gasteiger partial charge on any atom is 0.161 e. The molecular weight excluding hydrogens is 250 g/mol. The molecule has 0 aliphatic carbocycles. The molecule has 1 fully saturated rings. The van der Waals surface area contributed by atoms with Gasteiger partial charge in [0.15, 0.2) is 11.5 Å². The third-order valence-corrected chi connectivity index (χ3v) is 3.94. The van der Waals surface area contributed by atoms with Crippen molar-refractivity contribution < 1.29 is 14.4 Å². The van der Waals surface area contributed by atoms with Crippen molar-refractivity contribution in [2.75, 3.05) is 32.8 Å². The molecule has 0 amide bonds. The van der Waals surface area contributed by atoms with Gasteiger partial charge in [0.2, 0.25) is 0 Å². The number of ether oxygens (including phenoxy) is 2. The van der Waals surface area contributed by atoms with Gasteiger partial charge in [0.05, 0.1) is 19.7 Å². The molecule has 1 heterocycles. The molecule has 1 N–H and O–H groups in total. The third kappa shape index (κ3) is 4.41. The first kappa shape index (κ1) is 15.2. The summed E-state index contributed by atoms with van der Waals surface area (Å²) in [6.07, 6.45) is 1.37. The highest BCUT2D eigenvalue weighted by atomic mass is 16.5. The fourth-order valence-corrected chi connectivity index (χ4v) is 3.28. The highest BCUT2D eigenvalue weighted by molar-refractivity contribution is 5.39. The number of rotatable bonds is 6. The standard InChI is InChI=1S/C17H27NO2/c1-4-19-16-7-5-6-8-17(16)20-10-9-18-12-14(2)11-15(3)13-18/h5-8,14-15H,4,9-13H2,1-3H3/p+1/t14-,15+. The zero-order valence-corrected chi connectivity index (χ0v) is 13.0. The molecule has 1 aromatic rings. The number of hydrogen-bond donors (Lipinski definition) is 1. The van der Waals surface area contributed by atoms with E-state index in [9.17, 15) is 0 Å². The first-order valence-corrected chi connectivity index (χ1v) is 7.87. The van der Waals surface area contributed by atoms with Gasteiger partial charge in [-0.25, -0.2) is 0 Å². The number of hydrogen-bond acceptors (Lipinski definition) is 2. The van der Waals surface area contributed by atoms with Crippen molar-refractivity contribution in [3.8, 4) is 11.5 Å². The summed E-state index contributed by atoms with van der Waals surface area (Å²) < 4.78 is 11.5. The second-order valence-electron chi connectivity index (χ2n) is 6.08. The molecule has 0 saturated carbocycles. The smallest absolute Gasteiger partial charge is 0.161 e. The molecule has 1 aliphatic rings. The van der Waals surface area contributed by atoms with Crippen molar-refractivity contribution >= 4 is 0 Å². The molecule has 3 nitrogen and oxygen atoms in total. The monoisotopic (exact) mass is 278 g/mol. The van der Waals surface area contributed by atoms with Gasteiger partial charge < -0.3 is 14.4 Å². The van der Waals surface area contributed by atoms with Crippen molar-refractivity contribution in [1.82, 2.24) is 0 Å². The van der Waals surface area contributed by atoms with Crippen LogP contribution in [0.1, 0.15) is 27.2 Å². The molecule has 112 valence electrons. The van der Waals surface area contributed by atoms with Crippen LogP contribution in [0.15, 0.2) is 24.3 Å². The van der Waals surface area contributed by atoms with Crippen molar-refractivity contribution in [3.63, 3.8) is 0 Å². The molecule has 0 aromatic heterocycles. The minimum atomic E-state index is 0.673. The lowest BCUT2D eigenvalue weighted by molar-refractivity contribution is -0.912. The van der Waals surface area contributed by atoms with E-state index >= 15 is 0 Å². The van der Waals surface area contributed by atoms with E-state index < -0.39 is 0 Å². The molecule has 0 bridgehead atoms. The minimum absolute atomic E-state index is 0.673. The Hall–Kier alpha value is -1.22. The molecule has 1 saturated heterocycles. The lowest BCUT2D eigenvalue weighted by atomic mass is 9.92. The normalized spacial score (nSPS) is 26.2. The quantitative estimate of drug-likeness (QED) is 0.860. The molecule has 20 heavy (non-hydrogen) atoms. The fourth-order valence-electron chi connectivity index (χ4n) is 3.28. The SMILES string of the molecule is CCOc1ccccc1OCC[NH+]1C[C@H](C)C[C@H](C)C1. The Morgan fingerprint density at radius 1 is 1.05 bits per heavy atom.